The number of esters is 1. The summed E-state index contributed by atoms with van der Waals surface area (Å²) in [6.07, 6.45) is 4.05. The molecule has 2 amide bonds. The molecule has 14 heteroatoms. The van der Waals surface area contributed by atoms with Gasteiger partial charge in [0, 0.05) is 35.9 Å². The number of nitrogens with zero attached hydrogens (tertiary/aromatic N) is 2. The van der Waals surface area contributed by atoms with Crippen LogP contribution in [0.5, 0.6) is 0 Å². The standard InChI is InChI=1S/C53H62N4O10/c1-6-7-8-14-32-21-23-33(24-22-32)43-25-34-27-57(52(62)56-50(34)67-43)45-26-42(58)44(66-45)29-64-51(61)47(31(4)5)54-49(60)40-20-13-19-39(40)48(59)46(30(2)3)55-53(63)65-28-41-37-17-11-9-15-35(37)36-16-10-12-18-38(36)41/h9-12,15-18,21-25,27,30-31,39-42,44-47,58H,6-8,13-14,19-20,26,28-29H2,1-5H3,(H,54,60)(H,55,63)/t39?,40?,42-,44-,45-,46?,47?/m1/s1. The van der Waals surface area contributed by atoms with E-state index in [1.807, 2.05) is 68.4 Å². The number of hydrogen-bond acceptors (Lipinski definition) is 11. The van der Waals surface area contributed by atoms with E-state index in [2.05, 4.69) is 46.8 Å². The third-order valence-corrected chi connectivity index (χ3v) is 13.7. The first-order valence-corrected chi connectivity index (χ1v) is 23.9. The fourth-order valence-electron chi connectivity index (χ4n) is 9.91. The van der Waals surface area contributed by atoms with Gasteiger partial charge in [0.05, 0.1) is 17.5 Å². The maximum Gasteiger partial charge on any atom is 0.407 e. The Morgan fingerprint density at radius 2 is 1.51 bits per heavy atom. The molecule has 0 spiro atoms. The van der Waals surface area contributed by atoms with Crippen LogP contribution in [-0.4, -0.2) is 75.9 Å². The van der Waals surface area contributed by atoms with Gasteiger partial charge in [-0.05, 0) is 71.4 Å². The van der Waals surface area contributed by atoms with Gasteiger partial charge >= 0.3 is 17.8 Å². The monoisotopic (exact) mass is 914 g/mol. The van der Waals surface area contributed by atoms with E-state index in [9.17, 15) is 29.1 Å². The van der Waals surface area contributed by atoms with Crippen molar-refractivity contribution in [1.29, 1.82) is 0 Å². The number of aryl methyl sites for hydroxylation is 1. The smallest absolute Gasteiger partial charge is 0.407 e. The Morgan fingerprint density at radius 3 is 2.18 bits per heavy atom. The minimum Gasteiger partial charge on any atom is -0.461 e. The van der Waals surface area contributed by atoms with Crippen LogP contribution in [0.1, 0.15) is 108 Å². The first-order valence-electron chi connectivity index (χ1n) is 23.9. The molecule has 3 N–H and O–H groups in total. The molecule has 5 aromatic rings. The Balaban J connectivity index is 0.847. The number of Topliss-reactive ketones (excluding diaryl/α,β-unsaturated/α-hetero) is 1. The van der Waals surface area contributed by atoms with E-state index in [0.29, 0.717) is 30.4 Å². The van der Waals surface area contributed by atoms with Gasteiger partial charge in [-0.25, -0.2) is 14.4 Å². The van der Waals surface area contributed by atoms with E-state index < -0.39 is 66.0 Å². The third kappa shape index (κ3) is 10.4. The number of carbonyl (C=O) groups is 4. The number of hydrogen-bond donors (Lipinski definition) is 3. The predicted octanol–water partition coefficient (Wildman–Crippen LogP) is 8.27. The molecule has 3 aliphatic rings. The van der Waals surface area contributed by atoms with Crippen LogP contribution in [0.3, 0.4) is 0 Å². The zero-order chi connectivity index (χ0) is 47.4. The minimum absolute atomic E-state index is 0.0501. The number of ether oxygens (including phenoxy) is 3. The summed E-state index contributed by atoms with van der Waals surface area (Å²) < 4.78 is 24.8. The van der Waals surface area contributed by atoms with Crippen molar-refractivity contribution in [2.24, 2.45) is 23.7 Å². The fourth-order valence-corrected chi connectivity index (χ4v) is 9.91. The van der Waals surface area contributed by atoms with Gasteiger partial charge < -0.3 is 34.4 Å². The number of rotatable bonds is 18. The Bertz CT molecular complexity index is 2590. The quantitative estimate of drug-likeness (QED) is 0.0567. The lowest BCUT2D eigenvalue weighted by Gasteiger charge is -2.28. The van der Waals surface area contributed by atoms with Gasteiger partial charge in [-0.15, -0.1) is 0 Å². The molecule has 14 nitrogen and oxygen atoms in total. The molecular formula is C53H62N4O10. The zero-order valence-electron chi connectivity index (χ0n) is 38.9. The van der Waals surface area contributed by atoms with Gasteiger partial charge in [-0.1, -0.05) is 127 Å². The lowest BCUT2D eigenvalue weighted by molar-refractivity contribution is -0.155. The fraction of sp³-hybridized carbons (Fsp3) is 0.472. The number of aliphatic hydroxyl groups excluding tert-OH is 1. The molecule has 354 valence electrons. The number of amides is 2. The SMILES string of the molecule is CCCCCc1ccc(-c2cc3cn([C@H]4C[C@@H](O)[C@@H](COC(=O)C(NC(=O)C5CCCC5C(=O)C(NC(=O)OCC5c6ccccc6-c6ccccc65)C(C)C)C(C)C)O4)c(=O)nc3o2)cc1. The Hall–Kier alpha value is -6.12. The van der Waals surface area contributed by atoms with Crippen molar-refractivity contribution in [3.8, 4) is 22.5 Å². The molecule has 4 unspecified atom stereocenters. The Labute approximate surface area is 390 Å². The summed E-state index contributed by atoms with van der Waals surface area (Å²) in [5, 5.41) is 17.2. The number of alkyl carbamates (subject to hydrolysis) is 1. The summed E-state index contributed by atoms with van der Waals surface area (Å²) in [5.74, 6) is -3.06. The van der Waals surface area contributed by atoms with Crippen LogP contribution in [0.15, 0.2) is 94.3 Å². The highest BCUT2D eigenvalue weighted by Gasteiger charge is 2.44. The summed E-state index contributed by atoms with van der Waals surface area (Å²) in [6, 6.07) is 24.1. The van der Waals surface area contributed by atoms with E-state index in [0.717, 1.165) is 47.1 Å². The molecule has 7 atom stereocenters. The molecule has 8 rings (SSSR count). The van der Waals surface area contributed by atoms with Crippen molar-refractivity contribution >= 4 is 34.9 Å². The van der Waals surface area contributed by atoms with E-state index in [1.54, 1.807) is 20.0 Å². The molecular weight excluding hydrogens is 853 g/mol. The molecule has 3 heterocycles. The molecule has 1 saturated heterocycles. The lowest BCUT2D eigenvalue weighted by Crippen LogP contribution is -2.51. The van der Waals surface area contributed by atoms with E-state index >= 15 is 0 Å². The lowest BCUT2D eigenvalue weighted by atomic mass is 9.84. The first-order chi connectivity index (χ1) is 32.3. The van der Waals surface area contributed by atoms with Gasteiger partial charge in [0.15, 0.2) is 5.78 Å². The Morgan fingerprint density at radius 1 is 0.836 bits per heavy atom. The second-order valence-electron chi connectivity index (χ2n) is 19.0. The van der Waals surface area contributed by atoms with Crippen LogP contribution in [0, 0.1) is 23.7 Å². The number of aromatic nitrogens is 2. The number of nitrogens with one attached hydrogen (secondary N) is 2. The second kappa shape index (κ2) is 20.8. The van der Waals surface area contributed by atoms with Crippen LogP contribution in [0.4, 0.5) is 4.79 Å². The maximum atomic E-state index is 14.2. The molecule has 0 bridgehead atoms. The summed E-state index contributed by atoms with van der Waals surface area (Å²) in [6.45, 7) is 9.18. The predicted molar refractivity (Wildman–Crippen MR) is 252 cm³/mol. The molecule has 3 aromatic carbocycles. The van der Waals surface area contributed by atoms with Gasteiger partial charge in [0.1, 0.15) is 37.3 Å². The van der Waals surface area contributed by atoms with Crippen molar-refractivity contribution in [2.45, 2.75) is 122 Å². The average Bonchev–Trinajstić information content (AvgIpc) is 4.12. The molecule has 1 saturated carbocycles. The van der Waals surface area contributed by atoms with E-state index in [1.165, 1.54) is 16.6 Å². The number of furan rings is 1. The minimum atomic E-state index is -1.07. The molecule has 0 radical (unpaired) electrons. The highest BCUT2D eigenvalue weighted by Crippen LogP contribution is 2.44. The molecule has 67 heavy (non-hydrogen) atoms. The number of carbonyl (C=O) groups excluding carboxylic acids is 4. The Kier molecular flexibility index (Phi) is 14.7. The molecule has 2 aromatic heterocycles. The molecule has 2 aliphatic carbocycles. The van der Waals surface area contributed by atoms with Crippen LogP contribution >= 0.6 is 0 Å². The largest absolute Gasteiger partial charge is 0.461 e. The normalized spacial score (nSPS) is 21.0. The first kappa shape index (κ1) is 47.4. The van der Waals surface area contributed by atoms with Crippen molar-refractivity contribution in [3.63, 3.8) is 0 Å². The van der Waals surface area contributed by atoms with Crippen molar-refractivity contribution in [1.82, 2.24) is 20.2 Å². The number of aliphatic hydroxyl groups is 1. The zero-order valence-corrected chi connectivity index (χ0v) is 38.9. The summed E-state index contributed by atoms with van der Waals surface area (Å²) in [5.41, 5.74) is 6.05. The highest BCUT2D eigenvalue weighted by atomic mass is 16.6. The topological polar surface area (TPSA) is 188 Å². The van der Waals surface area contributed by atoms with Crippen molar-refractivity contribution in [2.75, 3.05) is 13.2 Å². The van der Waals surface area contributed by atoms with Crippen LogP contribution in [0.25, 0.3) is 33.6 Å². The van der Waals surface area contributed by atoms with Gasteiger partial charge in [-0.2, -0.15) is 4.98 Å². The van der Waals surface area contributed by atoms with Crippen molar-refractivity contribution < 1.29 is 42.9 Å². The summed E-state index contributed by atoms with van der Waals surface area (Å²) in [4.78, 5) is 72.3. The summed E-state index contributed by atoms with van der Waals surface area (Å²) >= 11 is 0. The second-order valence-corrected chi connectivity index (χ2v) is 19.0. The van der Waals surface area contributed by atoms with Gasteiger partial charge in [0.25, 0.3) is 0 Å². The number of ketones is 1. The van der Waals surface area contributed by atoms with E-state index in [4.69, 9.17) is 18.6 Å². The molecule has 1 aliphatic heterocycles. The van der Waals surface area contributed by atoms with Crippen LogP contribution in [-0.2, 0) is 35.0 Å². The van der Waals surface area contributed by atoms with Crippen LogP contribution < -0.4 is 16.3 Å². The summed E-state index contributed by atoms with van der Waals surface area (Å²) in [7, 11) is 0. The van der Waals surface area contributed by atoms with E-state index in [-0.39, 0.29) is 48.9 Å². The number of benzene rings is 3. The third-order valence-electron chi connectivity index (χ3n) is 13.7. The van der Waals surface area contributed by atoms with Crippen molar-refractivity contribution in [3.05, 3.63) is 112 Å². The van der Waals surface area contributed by atoms with Gasteiger partial charge in [0.2, 0.25) is 11.6 Å². The van der Waals surface area contributed by atoms with Crippen LogP contribution in [0.2, 0.25) is 0 Å². The maximum absolute atomic E-state index is 14.2. The van der Waals surface area contributed by atoms with Gasteiger partial charge in [-0.3, -0.25) is 14.2 Å². The molecule has 2 fully saturated rings. The highest BCUT2D eigenvalue weighted by molar-refractivity contribution is 5.95. The number of unbranched alkanes of at least 4 members (excludes halogenated alkanes) is 2. The average molecular weight is 915 g/mol. The number of fused-ring (bicyclic) bond motifs is 4.